The van der Waals surface area contributed by atoms with Crippen LogP contribution in [0.4, 0.5) is 11.4 Å². The number of aromatic nitrogens is 2. The molecule has 1 aliphatic rings. The molecule has 0 spiro atoms. The predicted molar refractivity (Wildman–Crippen MR) is 110 cm³/mol. The van der Waals surface area contributed by atoms with Crippen LogP contribution in [0, 0.1) is 0 Å². The van der Waals surface area contributed by atoms with Crippen molar-refractivity contribution in [3.05, 3.63) is 42.5 Å². The average Bonchev–Trinajstić information content (AvgIpc) is 3.31. The summed E-state index contributed by atoms with van der Waals surface area (Å²) >= 11 is 1.33. The normalized spacial score (nSPS) is 13.9. The van der Waals surface area contributed by atoms with Gasteiger partial charge in [-0.25, -0.2) is 4.98 Å². The predicted octanol–water partition coefficient (Wildman–Crippen LogP) is 3.43. The van der Waals surface area contributed by atoms with Crippen molar-refractivity contribution in [1.82, 2.24) is 9.97 Å². The van der Waals surface area contributed by atoms with Crippen molar-refractivity contribution in [3.8, 4) is 5.75 Å². The number of rotatable bonds is 6. The second-order valence-corrected chi connectivity index (χ2v) is 7.43. The molecule has 0 saturated carbocycles. The molecule has 7 nitrogen and oxygen atoms in total. The second-order valence-electron chi connectivity index (χ2n) is 6.46. The van der Waals surface area contributed by atoms with Gasteiger partial charge in [0, 0.05) is 30.4 Å². The molecule has 0 unspecified atom stereocenters. The van der Waals surface area contributed by atoms with Crippen LogP contribution in [0.15, 0.2) is 47.6 Å². The van der Waals surface area contributed by atoms with Crippen LogP contribution in [0.2, 0.25) is 0 Å². The molecule has 0 atom stereocenters. The van der Waals surface area contributed by atoms with Crippen LogP contribution in [-0.4, -0.2) is 41.2 Å². The highest BCUT2D eigenvalue weighted by molar-refractivity contribution is 7.99. The first-order chi connectivity index (χ1) is 13.6. The van der Waals surface area contributed by atoms with Gasteiger partial charge in [0.25, 0.3) is 0 Å². The lowest BCUT2D eigenvalue weighted by atomic mass is 10.2. The number of thioether (sulfide) groups is 1. The standard InChI is InChI=1S/C20H20N4O3S/c1-27-15-7-8-16-17(11-15)23-20(22-16)28-12-18(25)21-13-4-2-5-14(10-13)24-9-3-6-19(24)26/h2,4-5,7-8,10-11H,3,6,9,12H2,1H3,(H,21,25)(H,22,23). The number of hydrogen-bond donors (Lipinski definition) is 2. The van der Waals surface area contributed by atoms with E-state index in [1.54, 1.807) is 12.0 Å². The van der Waals surface area contributed by atoms with Gasteiger partial charge in [-0.2, -0.15) is 0 Å². The summed E-state index contributed by atoms with van der Waals surface area (Å²) in [6.45, 7) is 0.725. The first-order valence-electron chi connectivity index (χ1n) is 8.99. The Morgan fingerprint density at radius 3 is 3.00 bits per heavy atom. The monoisotopic (exact) mass is 396 g/mol. The number of methoxy groups -OCH3 is 1. The molecule has 0 aliphatic carbocycles. The topological polar surface area (TPSA) is 87.3 Å². The fourth-order valence-electron chi connectivity index (χ4n) is 3.16. The highest BCUT2D eigenvalue weighted by Crippen LogP contribution is 2.25. The molecule has 0 radical (unpaired) electrons. The minimum absolute atomic E-state index is 0.126. The zero-order chi connectivity index (χ0) is 19.5. The molecular formula is C20H20N4O3S. The molecule has 2 amide bonds. The number of hydrogen-bond acceptors (Lipinski definition) is 5. The van der Waals surface area contributed by atoms with Crippen LogP contribution in [0.25, 0.3) is 11.0 Å². The Kier molecular flexibility index (Phi) is 5.21. The van der Waals surface area contributed by atoms with E-state index >= 15 is 0 Å². The number of nitrogens with zero attached hydrogens (tertiary/aromatic N) is 2. The lowest BCUT2D eigenvalue weighted by molar-refractivity contribution is -0.117. The number of nitrogens with one attached hydrogen (secondary N) is 2. The summed E-state index contributed by atoms with van der Waals surface area (Å²) in [5.41, 5.74) is 3.19. The van der Waals surface area contributed by atoms with Gasteiger partial charge in [0.2, 0.25) is 11.8 Å². The maximum absolute atomic E-state index is 12.3. The molecule has 144 valence electrons. The van der Waals surface area contributed by atoms with Crippen molar-refractivity contribution in [2.75, 3.05) is 29.6 Å². The van der Waals surface area contributed by atoms with Gasteiger partial charge in [0.05, 0.1) is 23.9 Å². The highest BCUT2D eigenvalue weighted by Gasteiger charge is 2.21. The zero-order valence-corrected chi connectivity index (χ0v) is 16.2. The molecule has 28 heavy (non-hydrogen) atoms. The van der Waals surface area contributed by atoms with Crippen molar-refractivity contribution in [3.63, 3.8) is 0 Å². The maximum atomic E-state index is 12.3. The summed E-state index contributed by atoms with van der Waals surface area (Å²) < 4.78 is 5.21. The first kappa shape index (κ1) is 18.4. The van der Waals surface area contributed by atoms with E-state index in [1.807, 2.05) is 42.5 Å². The molecule has 2 heterocycles. The third-order valence-corrected chi connectivity index (χ3v) is 5.40. The molecular weight excluding hydrogens is 376 g/mol. The lowest BCUT2D eigenvalue weighted by Crippen LogP contribution is -2.23. The van der Waals surface area contributed by atoms with Gasteiger partial charge >= 0.3 is 0 Å². The number of aromatic amines is 1. The summed E-state index contributed by atoms with van der Waals surface area (Å²) in [4.78, 5) is 33.6. The van der Waals surface area contributed by atoms with Gasteiger partial charge in [-0.1, -0.05) is 17.8 Å². The third-order valence-electron chi connectivity index (χ3n) is 4.52. The Morgan fingerprint density at radius 2 is 2.21 bits per heavy atom. The van der Waals surface area contributed by atoms with Crippen molar-refractivity contribution >= 4 is 46.0 Å². The van der Waals surface area contributed by atoms with E-state index in [1.165, 1.54) is 11.8 Å². The van der Waals surface area contributed by atoms with Gasteiger partial charge in [-0.05, 0) is 36.8 Å². The number of ether oxygens (including phenoxy) is 1. The Labute approximate surface area is 166 Å². The molecule has 8 heteroatoms. The summed E-state index contributed by atoms with van der Waals surface area (Å²) in [5, 5.41) is 3.56. The Hall–Kier alpha value is -3.00. The van der Waals surface area contributed by atoms with Gasteiger partial charge < -0.3 is 19.9 Å². The molecule has 2 N–H and O–H groups in total. The highest BCUT2D eigenvalue weighted by atomic mass is 32.2. The van der Waals surface area contributed by atoms with Gasteiger partial charge in [0.1, 0.15) is 5.75 Å². The van der Waals surface area contributed by atoms with Gasteiger partial charge in [0.15, 0.2) is 5.16 Å². The number of carbonyl (C=O) groups excluding carboxylic acids is 2. The van der Waals surface area contributed by atoms with Crippen LogP contribution < -0.4 is 15.0 Å². The fourth-order valence-corrected chi connectivity index (χ4v) is 3.85. The Bertz CT molecular complexity index is 1030. The zero-order valence-electron chi connectivity index (χ0n) is 15.4. The van der Waals surface area contributed by atoms with E-state index < -0.39 is 0 Å². The molecule has 0 bridgehead atoms. The van der Waals surface area contributed by atoms with E-state index in [2.05, 4.69) is 15.3 Å². The van der Waals surface area contributed by atoms with E-state index in [4.69, 9.17) is 4.74 Å². The number of amides is 2. The number of H-pyrrole nitrogens is 1. The largest absolute Gasteiger partial charge is 0.497 e. The van der Waals surface area contributed by atoms with Crippen LogP contribution in [0.1, 0.15) is 12.8 Å². The van der Waals surface area contributed by atoms with Gasteiger partial charge in [-0.15, -0.1) is 0 Å². The number of anilines is 2. The number of benzene rings is 2. The maximum Gasteiger partial charge on any atom is 0.234 e. The van der Waals surface area contributed by atoms with E-state index in [0.717, 1.165) is 35.4 Å². The number of fused-ring (bicyclic) bond motifs is 1. The molecule has 4 rings (SSSR count). The first-order valence-corrected chi connectivity index (χ1v) is 9.98. The van der Waals surface area contributed by atoms with Crippen LogP contribution in [0.3, 0.4) is 0 Å². The minimum Gasteiger partial charge on any atom is -0.497 e. The third kappa shape index (κ3) is 3.96. The number of imidazole rings is 1. The van der Waals surface area contributed by atoms with Crippen LogP contribution in [0.5, 0.6) is 5.75 Å². The molecule has 1 fully saturated rings. The quantitative estimate of drug-likeness (QED) is 0.624. The summed E-state index contributed by atoms with van der Waals surface area (Å²) in [6.07, 6.45) is 1.45. The Morgan fingerprint density at radius 1 is 1.32 bits per heavy atom. The van der Waals surface area contributed by atoms with Crippen molar-refractivity contribution in [1.29, 1.82) is 0 Å². The van der Waals surface area contributed by atoms with Crippen molar-refractivity contribution in [2.45, 2.75) is 18.0 Å². The SMILES string of the molecule is COc1ccc2nc(SCC(=O)Nc3cccc(N4CCCC4=O)c3)[nH]c2c1. The molecule has 2 aromatic carbocycles. The second kappa shape index (κ2) is 7.93. The fraction of sp³-hybridized carbons (Fsp3) is 0.250. The van der Waals surface area contributed by atoms with Gasteiger partial charge in [-0.3, -0.25) is 9.59 Å². The van der Waals surface area contributed by atoms with Crippen LogP contribution >= 0.6 is 11.8 Å². The smallest absolute Gasteiger partial charge is 0.234 e. The van der Waals surface area contributed by atoms with E-state index in [-0.39, 0.29) is 17.6 Å². The Balaban J connectivity index is 1.37. The van der Waals surface area contributed by atoms with E-state index in [0.29, 0.717) is 17.3 Å². The number of carbonyl (C=O) groups is 2. The van der Waals surface area contributed by atoms with Crippen molar-refractivity contribution in [2.24, 2.45) is 0 Å². The summed E-state index contributed by atoms with van der Waals surface area (Å²) in [5.74, 6) is 0.972. The summed E-state index contributed by atoms with van der Waals surface area (Å²) in [7, 11) is 1.62. The molecule has 1 aromatic heterocycles. The molecule has 1 saturated heterocycles. The lowest BCUT2D eigenvalue weighted by Gasteiger charge is -2.16. The average molecular weight is 396 g/mol. The molecule has 3 aromatic rings. The minimum atomic E-state index is -0.132. The summed E-state index contributed by atoms with van der Waals surface area (Å²) in [6, 6.07) is 13.0. The molecule has 1 aliphatic heterocycles. The van der Waals surface area contributed by atoms with E-state index in [9.17, 15) is 9.59 Å². The van der Waals surface area contributed by atoms with Crippen molar-refractivity contribution < 1.29 is 14.3 Å². The van der Waals surface area contributed by atoms with Crippen LogP contribution in [-0.2, 0) is 9.59 Å².